The third-order valence-corrected chi connectivity index (χ3v) is 3.74. The summed E-state index contributed by atoms with van der Waals surface area (Å²) >= 11 is 22.9. The van der Waals surface area contributed by atoms with Gasteiger partial charge in [0, 0.05) is 23.1 Å². The number of carbonyl (C=O) groups is 1. The maximum atomic E-state index is 10.5. The van der Waals surface area contributed by atoms with Gasteiger partial charge < -0.3 is 0 Å². The average molecular weight is 294 g/mol. The Bertz CT molecular complexity index is 175. The maximum absolute atomic E-state index is 10.5. The van der Waals surface area contributed by atoms with Crippen molar-refractivity contribution in [3.63, 3.8) is 0 Å². The van der Waals surface area contributed by atoms with Crippen molar-refractivity contribution in [3.8, 4) is 0 Å². The highest BCUT2D eigenvalue weighted by Crippen LogP contribution is 2.21. The molecule has 0 aliphatic heterocycles. The Morgan fingerprint density at radius 1 is 1.00 bits per heavy atom. The zero-order valence-corrected chi connectivity index (χ0v) is 11.5. The van der Waals surface area contributed by atoms with Gasteiger partial charge >= 0.3 is 0 Å². The second-order valence-corrected chi connectivity index (χ2v) is 5.38. The summed E-state index contributed by atoms with van der Waals surface area (Å²) in [6, 6.07) is 0. The van der Waals surface area contributed by atoms with Crippen LogP contribution < -0.4 is 0 Å². The van der Waals surface area contributed by atoms with Crippen LogP contribution in [0.25, 0.3) is 0 Å². The van der Waals surface area contributed by atoms with Gasteiger partial charge in [0.2, 0.25) is 5.24 Å². The summed E-state index contributed by atoms with van der Waals surface area (Å²) < 4.78 is 0. The monoisotopic (exact) mass is 292 g/mol. The molecule has 0 fully saturated rings. The molecule has 5 heteroatoms. The molecule has 0 N–H and O–H groups in total. The van der Waals surface area contributed by atoms with Crippen molar-refractivity contribution in [1.29, 1.82) is 0 Å². The minimum absolute atomic E-state index is 0.0414. The van der Waals surface area contributed by atoms with E-state index in [-0.39, 0.29) is 16.0 Å². The summed E-state index contributed by atoms with van der Waals surface area (Å²) in [7, 11) is 0. The molecule has 0 aromatic rings. The zero-order valence-electron chi connectivity index (χ0n) is 8.52. The highest BCUT2D eigenvalue weighted by molar-refractivity contribution is 6.63. The van der Waals surface area contributed by atoms with Crippen molar-refractivity contribution in [1.82, 2.24) is 0 Å². The van der Waals surface area contributed by atoms with Gasteiger partial charge in [-0.05, 0) is 37.3 Å². The molecule has 0 radical (unpaired) electrons. The fourth-order valence-corrected chi connectivity index (χ4v) is 2.11. The van der Waals surface area contributed by atoms with Crippen molar-refractivity contribution in [3.05, 3.63) is 0 Å². The number of carbonyl (C=O) groups excluding carboxylic acids is 1. The maximum Gasteiger partial charge on any atom is 0.221 e. The number of rotatable bonds is 9. The van der Waals surface area contributed by atoms with Gasteiger partial charge in [0.15, 0.2) is 0 Å². The van der Waals surface area contributed by atoms with Gasteiger partial charge in [-0.15, -0.1) is 34.8 Å². The van der Waals surface area contributed by atoms with Crippen LogP contribution in [0.2, 0.25) is 0 Å². The quantitative estimate of drug-likeness (QED) is 0.346. The molecule has 15 heavy (non-hydrogen) atoms. The van der Waals surface area contributed by atoms with E-state index in [0.717, 1.165) is 25.7 Å². The summed E-state index contributed by atoms with van der Waals surface area (Å²) in [6.45, 7) is 0. The third kappa shape index (κ3) is 9.74. The lowest BCUT2D eigenvalue weighted by Crippen LogP contribution is -2.15. The Morgan fingerprint density at radius 3 is 2.00 bits per heavy atom. The average Bonchev–Trinajstić information content (AvgIpc) is 2.17. The van der Waals surface area contributed by atoms with Crippen LogP contribution >= 0.6 is 46.4 Å². The van der Waals surface area contributed by atoms with Gasteiger partial charge in [-0.2, -0.15) is 0 Å². The first-order chi connectivity index (χ1) is 7.07. The molecule has 0 amide bonds. The molecule has 1 nitrogen and oxygen atoms in total. The Balaban J connectivity index is 3.50. The van der Waals surface area contributed by atoms with Crippen LogP contribution in [0.4, 0.5) is 0 Å². The normalized spacial score (nSPS) is 14.9. The summed E-state index contributed by atoms with van der Waals surface area (Å²) in [5.74, 6) is 0.664. The van der Waals surface area contributed by atoms with Crippen LogP contribution in [-0.2, 0) is 4.79 Å². The molecule has 0 aliphatic rings. The molecule has 0 heterocycles. The Labute approximate surface area is 111 Å². The number of hydrogen-bond acceptors (Lipinski definition) is 1. The highest BCUT2D eigenvalue weighted by atomic mass is 35.5. The lowest BCUT2D eigenvalue weighted by atomic mass is 10.1. The van der Waals surface area contributed by atoms with Gasteiger partial charge in [0.1, 0.15) is 0 Å². The van der Waals surface area contributed by atoms with E-state index in [1.807, 2.05) is 0 Å². The van der Waals surface area contributed by atoms with Crippen LogP contribution in [0.15, 0.2) is 0 Å². The standard InChI is InChI=1S/C10H16Cl4O/c11-7-2-1-4-8(12)9(13)5-3-6-10(14)15/h8-9H,1-7H2. The van der Waals surface area contributed by atoms with Gasteiger partial charge in [0.05, 0.1) is 0 Å². The molecule has 0 rings (SSSR count). The molecule has 90 valence electrons. The molecular formula is C10H16Cl4O. The summed E-state index contributed by atoms with van der Waals surface area (Å²) in [5.41, 5.74) is 0. The van der Waals surface area contributed by atoms with E-state index in [4.69, 9.17) is 46.4 Å². The molecular weight excluding hydrogens is 278 g/mol. The molecule has 0 saturated carbocycles. The zero-order chi connectivity index (χ0) is 11.7. The van der Waals surface area contributed by atoms with E-state index in [1.54, 1.807) is 0 Å². The smallest absolute Gasteiger partial charge is 0.221 e. The van der Waals surface area contributed by atoms with Crippen molar-refractivity contribution < 1.29 is 4.79 Å². The van der Waals surface area contributed by atoms with Crippen LogP contribution in [0.5, 0.6) is 0 Å². The van der Waals surface area contributed by atoms with Gasteiger partial charge in [-0.25, -0.2) is 0 Å². The van der Waals surface area contributed by atoms with Gasteiger partial charge in [-0.1, -0.05) is 6.42 Å². The lowest BCUT2D eigenvalue weighted by molar-refractivity contribution is -0.111. The highest BCUT2D eigenvalue weighted by Gasteiger charge is 2.16. The molecule has 0 aromatic heterocycles. The second kappa shape index (κ2) is 10.0. The number of hydrogen-bond donors (Lipinski definition) is 0. The fraction of sp³-hybridized carbons (Fsp3) is 0.900. The molecule has 0 aliphatic carbocycles. The molecule has 2 atom stereocenters. The minimum Gasteiger partial charge on any atom is -0.281 e. The van der Waals surface area contributed by atoms with Gasteiger partial charge in [0.25, 0.3) is 0 Å². The van der Waals surface area contributed by atoms with E-state index in [1.165, 1.54) is 0 Å². The lowest BCUT2D eigenvalue weighted by Gasteiger charge is -2.15. The van der Waals surface area contributed by atoms with Crippen LogP contribution in [0, 0.1) is 0 Å². The van der Waals surface area contributed by atoms with Crippen LogP contribution in [-0.4, -0.2) is 21.9 Å². The van der Waals surface area contributed by atoms with Crippen molar-refractivity contribution in [2.24, 2.45) is 0 Å². The SMILES string of the molecule is O=C(Cl)CCCC(Cl)C(Cl)CCCCCl. The Hall–Kier alpha value is 0.830. The Kier molecular flexibility index (Phi) is 10.6. The van der Waals surface area contributed by atoms with Gasteiger partial charge in [-0.3, -0.25) is 4.79 Å². The predicted molar refractivity (Wildman–Crippen MR) is 68.6 cm³/mol. The summed E-state index contributed by atoms with van der Waals surface area (Å²) in [5, 5.41) is -0.439. The first-order valence-electron chi connectivity index (χ1n) is 5.10. The summed E-state index contributed by atoms with van der Waals surface area (Å²) in [6.07, 6.45) is 4.64. The van der Waals surface area contributed by atoms with Crippen LogP contribution in [0.1, 0.15) is 38.5 Å². The Morgan fingerprint density at radius 2 is 1.53 bits per heavy atom. The minimum atomic E-state index is -0.313. The van der Waals surface area contributed by atoms with E-state index in [9.17, 15) is 4.79 Å². The third-order valence-electron chi connectivity index (χ3n) is 2.11. The van der Waals surface area contributed by atoms with Crippen molar-refractivity contribution >= 4 is 51.6 Å². The second-order valence-electron chi connectivity index (χ2n) is 3.46. The molecule has 0 bridgehead atoms. The first-order valence-corrected chi connectivity index (χ1v) is 6.89. The predicted octanol–water partition coefficient (Wildman–Crippen LogP) is 4.55. The first kappa shape index (κ1) is 15.8. The number of alkyl halides is 3. The largest absolute Gasteiger partial charge is 0.281 e. The van der Waals surface area contributed by atoms with Crippen LogP contribution in [0.3, 0.4) is 0 Å². The van der Waals surface area contributed by atoms with Crippen molar-refractivity contribution in [2.75, 3.05) is 5.88 Å². The topological polar surface area (TPSA) is 17.1 Å². The molecule has 0 spiro atoms. The fourth-order valence-electron chi connectivity index (χ4n) is 1.23. The number of unbranched alkanes of at least 4 members (excludes halogenated alkanes) is 1. The molecule has 0 saturated heterocycles. The van der Waals surface area contributed by atoms with E-state index in [0.29, 0.717) is 18.7 Å². The summed E-state index contributed by atoms with van der Waals surface area (Å²) in [4.78, 5) is 10.5. The van der Waals surface area contributed by atoms with E-state index >= 15 is 0 Å². The molecule has 0 aromatic carbocycles. The molecule has 2 unspecified atom stereocenters. The number of halogens is 4. The van der Waals surface area contributed by atoms with Crippen molar-refractivity contribution in [2.45, 2.75) is 49.3 Å². The van der Waals surface area contributed by atoms with E-state index in [2.05, 4.69) is 0 Å². The van der Waals surface area contributed by atoms with E-state index < -0.39 is 0 Å².